The highest BCUT2D eigenvalue weighted by atomic mass is 32.2. The summed E-state index contributed by atoms with van der Waals surface area (Å²) >= 11 is 0. The quantitative estimate of drug-likeness (QED) is 0.374. The number of anilines is 1. The topological polar surface area (TPSA) is 96.0 Å². The summed E-state index contributed by atoms with van der Waals surface area (Å²) < 4.78 is 47.4. The molecule has 0 saturated carbocycles. The van der Waals surface area contributed by atoms with Gasteiger partial charge in [-0.05, 0) is 67.4 Å². The zero-order valence-electron chi connectivity index (χ0n) is 21.6. The molecule has 0 radical (unpaired) electrons. The molecule has 2 amide bonds. The van der Waals surface area contributed by atoms with Crippen molar-refractivity contribution in [3.63, 3.8) is 0 Å². The Morgan fingerprint density at radius 1 is 0.947 bits per heavy atom. The second-order valence-corrected chi connectivity index (χ2v) is 10.3. The van der Waals surface area contributed by atoms with Gasteiger partial charge >= 0.3 is 0 Å². The number of ether oxygens (including phenoxy) is 1. The van der Waals surface area contributed by atoms with Crippen molar-refractivity contribution in [2.75, 3.05) is 24.5 Å². The van der Waals surface area contributed by atoms with Gasteiger partial charge in [0.2, 0.25) is 11.8 Å². The fraction of sp³-hybridized carbons (Fsp3) is 0.286. The highest BCUT2D eigenvalue weighted by molar-refractivity contribution is 7.92. The molecule has 3 aromatic carbocycles. The Morgan fingerprint density at radius 3 is 2.13 bits per heavy atom. The monoisotopic (exact) mass is 541 g/mol. The number of carbonyl (C=O) groups is 2. The number of carbonyl (C=O) groups excluding carboxylic acids is 2. The first-order valence-electron chi connectivity index (χ1n) is 12.3. The van der Waals surface area contributed by atoms with Crippen LogP contribution in [0.2, 0.25) is 0 Å². The summed E-state index contributed by atoms with van der Waals surface area (Å²) in [7, 11) is -2.68. The van der Waals surface area contributed by atoms with E-state index in [0.29, 0.717) is 24.3 Å². The van der Waals surface area contributed by atoms with Crippen molar-refractivity contribution in [3.05, 3.63) is 90.2 Å². The van der Waals surface area contributed by atoms with Gasteiger partial charge in [0.1, 0.15) is 24.2 Å². The van der Waals surface area contributed by atoms with Gasteiger partial charge in [-0.1, -0.05) is 37.3 Å². The molecule has 8 nitrogen and oxygen atoms in total. The lowest BCUT2D eigenvalue weighted by Crippen LogP contribution is -2.51. The normalized spacial score (nSPS) is 11.9. The summed E-state index contributed by atoms with van der Waals surface area (Å²) in [4.78, 5) is 27.8. The number of hydrogen-bond donors (Lipinski definition) is 1. The van der Waals surface area contributed by atoms with E-state index >= 15 is 0 Å². The first-order chi connectivity index (χ1) is 18.2. The minimum atomic E-state index is -4.15. The Kier molecular flexibility index (Phi) is 9.84. The molecule has 0 fully saturated rings. The van der Waals surface area contributed by atoms with E-state index in [9.17, 15) is 22.4 Å². The molecule has 1 N–H and O–H groups in total. The van der Waals surface area contributed by atoms with Crippen LogP contribution < -0.4 is 14.4 Å². The summed E-state index contributed by atoms with van der Waals surface area (Å²) in [6.45, 7) is 3.48. The second kappa shape index (κ2) is 13.0. The molecule has 0 bridgehead atoms. The lowest BCUT2D eigenvalue weighted by Gasteiger charge is -2.33. The largest absolute Gasteiger partial charge is 0.494 e. The summed E-state index contributed by atoms with van der Waals surface area (Å²) in [5, 5.41) is 2.57. The fourth-order valence-electron chi connectivity index (χ4n) is 4.00. The number of halogens is 1. The number of nitrogens with one attached hydrogen (secondary N) is 1. The molecule has 0 unspecified atom stereocenters. The van der Waals surface area contributed by atoms with Crippen molar-refractivity contribution in [3.8, 4) is 5.75 Å². The fourth-order valence-corrected chi connectivity index (χ4v) is 5.43. The van der Waals surface area contributed by atoms with Crippen LogP contribution in [0.25, 0.3) is 0 Å². The number of likely N-dealkylation sites (N-methyl/N-ethyl adjacent to an activating group) is 1. The number of hydrogen-bond acceptors (Lipinski definition) is 5. The SMILES string of the molecule is CCOc1ccc(N(CC(=O)N(Cc2ccc(F)cc2)[C@H](CC)C(=O)NC)S(=O)(=O)c2ccccc2)cc1. The molecule has 1 atom stereocenters. The van der Waals surface area contributed by atoms with Gasteiger partial charge in [0.05, 0.1) is 17.2 Å². The zero-order valence-corrected chi connectivity index (χ0v) is 22.4. The molecule has 0 aliphatic rings. The Bertz CT molecular complexity index is 1320. The van der Waals surface area contributed by atoms with E-state index in [0.717, 1.165) is 4.31 Å². The summed E-state index contributed by atoms with van der Waals surface area (Å²) in [5.74, 6) is -0.844. The van der Waals surface area contributed by atoms with E-state index in [1.165, 1.54) is 48.3 Å². The summed E-state index contributed by atoms with van der Waals surface area (Å²) in [6.07, 6.45) is 0.293. The van der Waals surface area contributed by atoms with Crippen LogP contribution in [0.15, 0.2) is 83.8 Å². The van der Waals surface area contributed by atoms with Gasteiger partial charge in [-0.25, -0.2) is 12.8 Å². The predicted molar refractivity (Wildman–Crippen MR) is 144 cm³/mol. The number of amides is 2. The van der Waals surface area contributed by atoms with E-state index in [2.05, 4.69) is 5.32 Å². The molecule has 0 saturated heterocycles. The Balaban J connectivity index is 2.03. The van der Waals surface area contributed by atoms with Crippen LogP contribution in [0.3, 0.4) is 0 Å². The maximum absolute atomic E-state index is 13.8. The van der Waals surface area contributed by atoms with Gasteiger partial charge in [0, 0.05) is 13.6 Å². The summed E-state index contributed by atoms with van der Waals surface area (Å²) in [5.41, 5.74) is 0.862. The van der Waals surface area contributed by atoms with Crippen molar-refractivity contribution >= 4 is 27.5 Å². The average molecular weight is 542 g/mol. The number of nitrogens with zero attached hydrogens (tertiary/aromatic N) is 2. The van der Waals surface area contributed by atoms with E-state index in [-0.39, 0.29) is 23.0 Å². The minimum absolute atomic E-state index is 0.00641. The lowest BCUT2D eigenvalue weighted by atomic mass is 10.1. The molecule has 0 aromatic heterocycles. The second-order valence-electron chi connectivity index (χ2n) is 8.44. The molecule has 3 rings (SSSR count). The van der Waals surface area contributed by atoms with Gasteiger partial charge in [-0.15, -0.1) is 0 Å². The van der Waals surface area contributed by atoms with Crippen LogP contribution in [-0.4, -0.2) is 51.4 Å². The van der Waals surface area contributed by atoms with Crippen LogP contribution in [-0.2, 0) is 26.2 Å². The maximum atomic E-state index is 13.8. The third-order valence-corrected chi connectivity index (χ3v) is 7.73. The van der Waals surface area contributed by atoms with Gasteiger partial charge < -0.3 is 15.0 Å². The molecule has 0 spiro atoms. The van der Waals surface area contributed by atoms with Crippen LogP contribution in [0, 0.1) is 5.82 Å². The van der Waals surface area contributed by atoms with Crippen molar-refractivity contribution in [1.82, 2.24) is 10.2 Å². The highest BCUT2D eigenvalue weighted by Crippen LogP contribution is 2.27. The van der Waals surface area contributed by atoms with Crippen LogP contribution in [0.4, 0.5) is 10.1 Å². The van der Waals surface area contributed by atoms with E-state index < -0.39 is 34.3 Å². The Morgan fingerprint density at radius 2 is 1.58 bits per heavy atom. The molecular formula is C28H32FN3O5S. The third kappa shape index (κ3) is 6.89. The predicted octanol–water partition coefficient (Wildman–Crippen LogP) is 3.97. The van der Waals surface area contributed by atoms with E-state index in [4.69, 9.17) is 4.74 Å². The van der Waals surface area contributed by atoms with Crippen LogP contribution in [0.5, 0.6) is 5.75 Å². The van der Waals surface area contributed by atoms with Crippen LogP contribution >= 0.6 is 0 Å². The minimum Gasteiger partial charge on any atom is -0.494 e. The summed E-state index contributed by atoms with van der Waals surface area (Å²) in [6, 6.07) is 18.9. The van der Waals surface area contributed by atoms with E-state index in [1.807, 2.05) is 6.92 Å². The maximum Gasteiger partial charge on any atom is 0.264 e. The lowest BCUT2D eigenvalue weighted by molar-refractivity contribution is -0.140. The average Bonchev–Trinajstić information content (AvgIpc) is 2.93. The molecule has 38 heavy (non-hydrogen) atoms. The van der Waals surface area contributed by atoms with Crippen molar-refractivity contribution < 1.29 is 27.1 Å². The molecular weight excluding hydrogens is 509 g/mol. The number of rotatable bonds is 12. The third-order valence-electron chi connectivity index (χ3n) is 5.94. The molecule has 0 heterocycles. The highest BCUT2D eigenvalue weighted by Gasteiger charge is 2.33. The zero-order chi connectivity index (χ0) is 27.7. The molecule has 3 aromatic rings. The van der Waals surface area contributed by atoms with Gasteiger partial charge in [-0.3, -0.25) is 13.9 Å². The van der Waals surface area contributed by atoms with Crippen molar-refractivity contribution in [2.45, 2.75) is 37.8 Å². The molecule has 0 aliphatic carbocycles. The number of sulfonamides is 1. The molecule has 10 heteroatoms. The van der Waals surface area contributed by atoms with Crippen molar-refractivity contribution in [2.24, 2.45) is 0 Å². The van der Waals surface area contributed by atoms with Crippen molar-refractivity contribution in [1.29, 1.82) is 0 Å². The standard InChI is InChI=1S/C28H32FN3O5S/c1-4-26(28(34)30-3)31(19-21-11-13-22(29)14-12-21)27(33)20-32(23-15-17-24(18-16-23)37-5-2)38(35,36)25-9-7-6-8-10-25/h6-18,26H,4-5,19-20H2,1-3H3,(H,30,34)/t26-/m1/s1. The first kappa shape index (κ1) is 28.6. The van der Waals surface area contributed by atoms with E-state index in [1.54, 1.807) is 49.4 Å². The Hall–Kier alpha value is -3.92. The first-order valence-corrected chi connectivity index (χ1v) is 13.7. The van der Waals surface area contributed by atoms with Crippen LogP contribution in [0.1, 0.15) is 25.8 Å². The van der Waals surface area contributed by atoms with Gasteiger partial charge in [-0.2, -0.15) is 0 Å². The number of benzene rings is 3. The van der Waals surface area contributed by atoms with Gasteiger partial charge in [0.25, 0.3) is 10.0 Å². The molecule has 0 aliphatic heterocycles. The van der Waals surface area contributed by atoms with Gasteiger partial charge in [0.15, 0.2) is 0 Å². The smallest absolute Gasteiger partial charge is 0.264 e. The molecule has 202 valence electrons. The Labute approximate surface area is 223 Å².